The van der Waals surface area contributed by atoms with Crippen LogP contribution in [0.3, 0.4) is 0 Å². The Hall–Kier alpha value is -0.160. The van der Waals surface area contributed by atoms with Crippen molar-refractivity contribution in [3.05, 3.63) is 0 Å². The topological polar surface area (TPSA) is 42.5 Å². The second-order valence-electron chi connectivity index (χ2n) is 5.82. The summed E-state index contributed by atoms with van der Waals surface area (Å²) in [7, 11) is 1.71. The molecular formula is C15H30N2O2. The molecule has 0 radical (unpaired) electrons. The molecule has 112 valence electrons. The van der Waals surface area contributed by atoms with E-state index in [-0.39, 0.29) is 0 Å². The average Bonchev–Trinajstić information content (AvgIpc) is 2.97. The molecule has 1 aliphatic heterocycles. The molecule has 0 amide bonds. The maximum absolute atomic E-state index is 5.52. The van der Waals surface area contributed by atoms with Crippen LogP contribution in [0, 0.1) is 5.92 Å². The number of rotatable bonds is 8. The van der Waals surface area contributed by atoms with E-state index >= 15 is 0 Å². The third kappa shape index (κ3) is 5.03. The van der Waals surface area contributed by atoms with Crippen molar-refractivity contribution in [2.45, 2.75) is 50.6 Å². The molecule has 2 N–H and O–H groups in total. The molecule has 0 aromatic carbocycles. The Bertz CT molecular complexity index is 232. The van der Waals surface area contributed by atoms with E-state index in [1.807, 2.05) is 0 Å². The van der Waals surface area contributed by atoms with Crippen LogP contribution in [0.15, 0.2) is 0 Å². The van der Waals surface area contributed by atoms with E-state index < -0.39 is 0 Å². The smallest absolute Gasteiger partial charge is 0.0700 e. The highest BCUT2D eigenvalue weighted by molar-refractivity contribution is 4.91. The second-order valence-corrected chi connectivity index (χ2v) is 5.82. The zero-order valence-corrected chi connectivity index (χ0v) is 12.3. The lowest BCUT2D eigenvalue weighted by atomic mass is 9.79. The first kappa shape index (κ1) is 15.2. The average molecular weight is 270 g/mol. The molecule has 3 atom stereocenters. The highest BCUT2D eigenvalue weighted by atomic mass is 16.5. The lowest BCUT2D eigenvalue weighted by Crippen LogP contribution is -2.47. The Morgan fingerprint density at radius 3 is 2.74 bits per heavy atom. The highest BCUT2D eigenvalue weighted by Gasteiger charge is 2.32. The maximum Gasteiger partial charge on any atom is 0.0700 e. The summed E-state index contributed by atoms with van der Waals surface area (Å²) in [5.41, 5.74) is 0. The van der Waals surface area contributed by atoms with Crippen molar-refractivity contribution >= 4 is 0 Å². The molecule has 4 heteroatoms. The van der Waals surface area contributed by atoms with Gasteiger partial charge in [-0.05, 0) is 38.1 Å². The van der Waals surface area contributed by atoms with Crippen molar-refractivity contribution in [1.29, 1.82) is 0 Å². The Kier molecular flexibility index (Phi) is 7.14. The van der Waals surface area contributed by atoms with Crippen LogP contribution >= 0.6 is 0 Å². The van der Waals surface area contributed by atoms with Gasteiger partial charge >= 0.3 is 0 Å². The van der Waals surface area contributed by atoms with Gasteiger partial charge in [0.2, 0.25) is 0 Å². The lowest BCUT2D eigenvalue weighted by Gasteiger charge is -2.36. The van der Waals surface area contributed by atoms with Gasteiger partial charge in [0.25, 0.3) is 0 Å². The molecule has 4 nitrogen and oxygen atoms in total. The normalized spacial score (nSPS) is 31.7. The third-order valence-electron chi connectivity index (χ3n) is 4.52. The molecule has 19 heavy (non-hydrogen) atoms. The fourth-order valence-electron chi connectivity index (χ4n) is 3.53. The van der Waals surface area contributed by atoms with E-state index in [1.54, 1.807) is 7.11 Å². The molecule has 1 saturated carbocycles. The number of hydrogen-bond donors (Lipinski definition) is 2. The summed E-state index contributed by atoms with van der Waals surface area (Å²) in [6, 6.07) is 1.45. The van der Waals surface area contributed by atoms with E-state index in [0.29, 0.717) is 19.3 Å². The predicted molar refractivity (Wildman–Crippen MR) is 77.5 cm³/mol. The van der Waals surface area contributed by atoms with Gasteiger partial charge in [0.1, 0.15) is 0 Å². The van der Waals surface area contributed by atoms with Crippen molar-refractivity contribution < 1.29 is 9.47 Å². The zero-order chi connectivity index (χ0) is 13.3. The monoisotopic (exact) mass is 270 g/mol. The van der Waals surface area contributed by atoms with Gasteiger partial charge in [0.15, 0.2) is 0 Å². The van der Waals surface area contributed by atoms with E-state index in [0.717, 1.165) is 25.1 Å². The van der Waals surface area contributed by atoms with Crippen LogP contribution in [-0.2, 0) is 9.47 Å². The Labute approximate surface area is 117 Å². The molecule has 1 heterocycles. The molecule has 3 unspecified atom stereocenters. The molecule has 0 aromatic rings. The number of hydrogen-bond acceptors (Lipinski definition) is 4. The largest absolute Gasteiger partial charge is 0.382 e. The molecule has 0 spiro atoms. The summed E-state index contributed by atoms with van der Waals surface area (Å²) in [6.45, 7) is 4.38. The maximum atomic E-state index is 5.52. The molecule has 0 aromatic heterocycles. The zero-order valence-electron chi connectivity index (χ0n) is 12.3. The van der Waals surface area contributed by atoms with E-state index in [9.17, 15) is 0 Å². The van der Waals surface area contributed by atoms with Crippen molar-refractivity contribution in [3.8, 4) is 0 Å². The molecule has 1 saturated heterocycles. The van der Waals surface area contributed by atoms with Crippen LogP contribution in [0.5, 0.6) is 0 Å². The summed E-state index contributed by atoms with van der Waals surface area (Å²) in [6.07, 6.45) is 8.23. The second kappa shape index (κ2) is 8.90. The van der Waals surface area contributed by atoms with Crippen LogP contribution in [0.4, 0.5) is 0 Å². The van der Waals surface area contributed by atoms with Crippen molar-refractivity contribution in [1.82, 2.24) is 10.6 Å². The van der Waals surface area contributed by atoms with Gasteiger partial charge in [0, 0.05) is 25.7 Å². The quantitative estimate of drug-likeness (QED) is 0.657. The van der Waals surface area contributed by atoms with E-state index in [4.69, 9.17) is 9.47 Å². The minimum absolute atomic E-state index is 0.690. The van der Waals surface area contributed by atoms with E-state index in [1.165, 1.54) is 45.1 Å². The van der Waals surface area contributed by atoms with Crippen molar-refractivity contribution in [3.63, 3.8) is 0 Å². The Morgan fingerprint density at radius 1 is 1.05 bits per heavy atom. The first-order valence-electron chi connectivity index (χ1n) is 7.95. The molecule has 2 aliphatic rings. The Morgan fingerprint density at radius 2 is 1.95 bits per heavy atom. The van der Waals surface area contributed by atoms with Crippen LogP contribution in [-0.4, -0.2) is 52.1 Å². The van der Waals surface area contributed by atoms with Crippen LogP contribution < -0.4 is 10.6 Å². The predicted octanol–water partition coefficient (Wildman–Crippen LogP) is 1.55. The summed E-state index contributed by atoms with van der Waals surface area (Å²) in [4.78, 5) is 0. The summed E-state index contributed by atoms with van der Waals surface area (Å²) in [5.74, 6) is 0.829. The minimum atomic E-state index is 0.690. The van der Waals surface area contributed by atoms with Gasteiger partial charge < -0.3 is 20.1 Å². The van der Waals surface area contributed by atoms with Crippen LogP contribution in [0.1, 0.15) is 38.5 Å². The van der Waals surface area contributed by atoms with Gasteiger partial charge in [-0.2, -0.15) is 0 Å². The fourth-order valence-corrected chi connectivity index (χ4v) is 3.53. The molecule has 1 aliphatic carbocycles. The minimum Gasteiger partial charge on any atom is -0.382 e. The first-order chi connectivity index (χ1) is 9.42. The van der Waals surface area contributed by atoms with Gasteiger partial charge in [-0.3, -0.25) is 0 Å². The van der Waals surface area contributed by atoms with Crippen molar-refractivity contribution in [2.24, 2.45) is 5.92 Å². The highest BCUT2D eigenvalue weighted by Crippen LogP contribution is 2.30. The molecule has 2 rings (SSSR count). The lowest BCUT2D eigenvalue weighted by molar-refractivity contribution is 0.0687. The number of ether oxygens (including phenoxy) is 2. The fraction of sp³-hybridized carbons (Fsp3) is 1.00. The van der Waals surface area contributed by atoms with Gasteiger partial charge in [0.05, 0.1) is 19.8 Å². The standard InChI is InChI=1S/C15H30N2O2/c1-18-11-12-19-10-9-17-14-6-3-2-5-13(14)15-7-4-8-16-15/h13-17H,2-12H2,1H3. The van der Waals surface area contributed by atoms with Gasteiger partial charge in [-0.25, -0.2) is 0 Å². The third-order valence-corrected chi connectivity index (χ3v) is 4.52. The summed E-state index contributed by atoms with van der Waals surface area (Å²) < 4.78 is 10.5. The van der Waals surface area contributed by atoms with Gasteiger partial charge in [-0.15, -0.1) is 0 Å². The Balaban J connectivity index is 1.64. The van der Waals surface area contributed by atoms with E-state index in [2.05, 4.69) is 10.6 Å². The number of nitrogens with one attached hydrogen (secondary N) is 2. The molecule has 2 fully saturated rings. The number of methoxy groups -OCH3 is 1. The summed E-state index contributed by atoms with van der Waals surface area (Å²) in [5, 5.41) is 7.41. The first-order valence-corrected chi connectivity index (χ1v) is 7.95. The SMILES string of the molecule is COCCOCCNC1CCCCC1C1CCCN1. The van der Waals surface area contributed by atoms with Crippen molar-refractivity contribution in [2.75, 3.05) is 40.0 Å². The van der Waals surface area contributed by atoms with Crippen LogP contribution in [0.25, 0.3) is 0 Å². The van der Waals surface area contributed by atoms with Crippen LogP contribution in [0.2, 0.25) is 0 Å². The summed E-state index contributed by atoms with van der Waals surface area (Å²) >= 11 is 0. The molecule has 0 bridgehead atoms. The van der Waals surface area contributed by atoms with Gasteiger partial charge in [-0.1, -0.05) is 12.8 Å². The molecular weight excluding hydrogens is 240 g/mol.